The molecule has 5 heteroatoms. The van der Waals surface area contributed by atoms with Gasteiger partial charge in [0.05, 0.1) is 6.61 Å². The first-order valence-electron chi connectivity index (χ1n) is 8.86. The summed E-state index contributed by atoms with van der Waals surface area (Å²) < 4.78 is 20.3. The first-order chi connectivity index (χ1) is 13.2. The van der Waals surface area contributed by atoms with E-state index in [-0.39, 0.29) is 12.6 Å². The van der Waals surface area contributed by atoms with Crippen molar-refractivity contribution in [1.29, 1.82) is 0 Å². The van der Waals surface area contributed by atoms with Crippen molar-refractivity contribution in [2.45, 2.75) is 6.04 Å². The smallest absolute Gasteiger partial charge is 0.217 e. The Morgan fingerprint density at radius 1 is 0.889 bits per heavy atom. The van der Waals surface area contributed by atoms with Crippen molar-refractivity contribution < 1.29 is 14.4 Å². The lowest BCUT2D eigenvalue weighted by molar-refractivity contribution is 0.227. The zero-order chi connectivity index (χ0) is 18.7. The van der Waals surface area contributed by atoms with E-state index in [0.717, 1.165) is 10.6 Å². The summed E-state index contributed by atoms with van der Waals surface area (Å²) >= 11 is 0. The highest BCUT2D eigenvalue weighted by atomic mass is 31.2. The Bertz CT molecular complexity index is 959. The lowest BCUT2D eigenvalue weighted by Crippen LogP contribution is -2.29. The zero-order valence-electron chi connectivity index (χ0n) is 14.7. The Kier molecular flexibility index (Phi) is 4.93. The fraction of sp³-hybridized carbons (Fsp3) is 0.136. The summed E-state index contributed by atoms with van der Waals surface area (Å²) in [4.78, 5) is 4.46. The molecule has 1 aliphatic rings. The Morgan fingerprint density at radius 2 is 1.44 bits per heavy atom. The molecule has 0 aromatic heterocycles. The largest absolute Gasteiger partial charge is 0.475 e. The molecule has 1 atom stereocenters. The number of aliphatic hydroxyl groups excluding tert-OH is 1. The number of aliphatic hydroxyl groups is 1. The molecule has 0 bridgehead atoms. The minimum Gasteiger partial charge on any atom is -0.475 e. The van der Waals surface area contributed by atoms with Crippen LogP contribution in [0.1, 0.15) is 5.56 Å². The molecule has 0 amide bonds. The molecule has 1 N–H and O–H groups in total. The van der Waals surface area contributed by atoms with Gasteiger partial charge in [-0.2, -0.15) is 0 Å². The monoisotopic (exact) mass is 377 g/mol. The highest BCUT2D eigenvalue weighted by Crippen LogP contribution is 2.43. The van der Waals surface area contributed by atoms with Crippen LogP contribution in [0.4, 0.5) is 0 Å². The fourth-order valence-electron chi connectivity index (χ4n) is 3.29. The van der Waals surface area contributed by atoms with Crippen molar-refractivity contribution in [3.8, 4) is 0 Å². The van der Waals surface area contributed by atoms with Crippen LogP contribution in [-0.2, 0) is 9.30 Å². The zero-order valence-corrected chi connectivity index (χ0v) is 15.6. The molecule has 0 radical (unpaired) electrons. The van der Waals surface area contributed by atoms with Gasteiger partial charge in [-0.1, -0.05) is 78.9 Å². The van der Waals surface area contributed by atoms with Crippen LogP contribution >= 0.6 is 7.14 Å². The number of rotatable bonds is 5. The number of hydrogen-bond donors (Lipinski definition) is 1. The van der Waals surface area contributed by atoms with Gasteiger partial charge in [0.1, 0.15) is 12.6 Å². The second kappa shape index (κ2) is 7.51. The molecule has 0 saturated heterocycles. The number of hydrogen-bond acceptors (Lipinski definition) is 4. The average Bonchev–Trinajstić information content (AvgIpc) is 3.24. The molecule has 0 unspecified atom stereocenters. The van der Waals surface area contributed by atoms with E-state index >= 15 is 0 Å². The molecule has 3 aromatic rings. The second-order valence-electron chi connectivity index (χ2n) is 6.38. The minimum absolute atomic E-state index is 0.0688. The molecule has 0 fully saturated rings. The van der Waals surface area contributed by atoms with Crippen LogP contribution in [0, 0.1) is 0 Å². The third kappa shape index (κ3) is 3.23. The van der Waals surface area contributed by atoms with Gasteiger partial charge in [-0.15, -0.1) is 0 Å². The predicted molar refractivity (Wildman–Crippen MR) is 109 cm³/mol. The maximum atomic E-state index is 14.6. The normalized spacial score (nSPS) is 16.6. The third-order valence-electron chi connectivity index (χ3n) is 4.64. The topological polar surface area (TPSA) is 58.9 Å². The SMILES string of the molecule is O=P(c1ccccc1)(c1ccccc1)c1ccccc1C1=N[C@H](CO)CO1. The summed E-state index contributed by atoms with van der Waals surface area (Å²) in [6.45, 7) is 0.266. The van der Waals surface area contributed by atoms with Gasteiger partial charge >= 0.3 is 0 Å². The maximum Gasteiger partial charge on any atom is 0.217 e. The molecule has 1 heterocycles. The van der Waals surface area contributed by atoms with E-state index < -0.39 is 7.14 Å². The van der Waals surface area contributed by atoms with Crippen LogP contribution in [0.3, 0.4) is 0 Å². The summed E-state index contributed by atoms with van der Waals surface area (Å²) in [5.41, 5.74) is 0.712. The van der Waals surface area contributed by atoms with E-state index in [1.54, 1.807) is 0 Å². The van der Waals surface area contributed by atoms with Crippen molar-refractivity contribution >= 4 is 29.0 Å². The molecule has 3 aromatic carbocycles. The number of benzene rings is 3. The summed E-state index contributed by atoms with van der Waals surface area (Å²) in [5, 5.41) is 11.6. The molecule has 0 spiro atoms. The Labute approximate surface area is 158 Å². The van der Waals surface area contributed by atoms with Gasteiger partial charge < -0.3 is 14.4 Å². The van der Waals surface area contributed by atoms with Crippen LogP contribution in [0.2, 0.25) is 0 Å². The Morgan fingerprint density at radius 3 is 2.00 bits per heavy atom. The summed E-state index contributed by atoms with van der Waals surface area (Å²) in [5.74, 6) is 0.441. The number of ether oxygens (including phenoxy) is 1. The molecule has 27 heavy (non-hydrogen) atoms. The van der Waals surface area contributed by atoms with Gasteiger partial charge in [-0.05, 0) is 6.07 Å². The van der Waals surface area contributed by atoms with Crippen molar-refractivity contribution in [2.75, 3.05) is 13.2 Å². The molecule has 4 nitrogen and oxygen atoms in total. The summed E-state index contributed by atoms with van der Waals surface area (Å²) in [6, 6.07) is 26.3. The third-order valence-corrected chi connectivity index (χ3v) is 7.76. The van der Waals surface area contributed by atoms with E-state index in [0.29, 0.717) is 23.4 Å². The van der Waals surface area contributed by atoms with E-state index in [1.165, 1.54) is 0 Å². The van der Waals surface area contributed by atoms with E-state index in [1.807, 2.05) is 84.9 Å². The van der Waals surface area contributed by atoms with Crippen LogP contribution in [0.5, 0.6) is 0 Å². The van der Waals surface area contributed by atoms with Gasteiger partial charge in [0.15, 0.2) is 7.14 Å². The molecular weight excluding hydrogens is 357 g/mol. The highest BCUT2D eigenvalue weighted by Gasteiger charge is 2.34. The van der Waals surface area contributed by atoms with Crippen molar-refractivity contribution in [1.82, 2.24) is 0 Å². The standard InChI is InChI=1S/C22H20NO3P/c24-15-17-16-26-22(23-17)20-13-7-8-14-21(20)27(25,18-9-3-1-4-10-18)19-11-5-2-6-12-19/h1-14,17,24H,15-16H2/t17-/m1/s1. The quantitative estimate of drug-likeness (QED) is 0.695. The van der Waals surface area contributed by atoms with E-state index in [2.05, 4.69) is 4.99 Å². The predicted octanol–water partition coefficient (Wildman–Crippen LogP) is 2.46. The van der Waals surface area contributed by atoms with Gasteiger partial charge in [-0.25, -0.2) is 4.99 Å². The lowest BCUT2D eigenvalue weighted by atomic mass is 10.2. The fourth-order valence-corrected chi connectivity index (χ4v) is 6.13. The minimum atomic E-state index is -3.12. The van der Waals surface area contributed by atoms with Crippen LogP contribution < -0.4 is 15.9 Å². The molecule has 136 valence electrons. The summed E-state index contributed by atoms with van der Waals surface area (Å²) in [7, 11) is -3.12. The first-order valence-corrected chi connectivity index (χ1v) is 10.6. The van der Waals surface area contributed by atoms with Crippen molar-refractivity contribution in [3.05, 3.63) is 90.5 Å². The van der Waals surface area contributed by atoms with Gasteiger partial charge in [0.2, 0.25) is 5.90 Å². The van der Waals surface area contributed by atoms with Gasteiger partial charge in [0.25, 0.3) is 0 Å². The lowest BCUT2D eigenvalue weighted by Gasteiger charge is -2.22. The molecule has 4 rings (SSSR count). The van der Waals surface area contributed by atoms with Crippen LogP contribution in [-0.4, -0.2) is 30.3 Å². The number of nitrogens with zero attached hydrogens (tertiary/aromatic N) is 1. The van der Waals surface area contributed by atoms with Crippen LogP contribution in [0.15, 0.2) is 89.9 Å². The van der Waals surface area contributed by atoms with Crippen molar-refractivity contribution in [2.24, 2.45) is 4.99 Å². The Hall–Kier alpha value is -2.68. The van der Waals surface area contributed by atoms with E-state index in [4.69, 9.17) is 4.74 Å². The van der Waals surface area contributed by atoms with Gasteiger partial charge in [-0.3, -0.25) is 0 Å². The maximum absolute atomic E-state index is 14.6. The Balaban J connectivity index is 1.95. The first kappa shape index (κ1) is 17.7. The molecule has 0 aliphatic carbocycles. The van der Waals surface area contributed by atoms with Crippen molar-refractivity contribution in [3.63, 3.8) is 0 Å². The van der Waals surface area contributed by atoms with E-state index in [9.17, 15) is 9.67 Å². The molecular formula is C22H20NO3P. The van der Waals surface area contributed by atoms with Crippen LogP contribution in [0.25, 0.3) is 0 Å². The molecule has 0 saturated carbocycles. The number of aliphatic imine (C=N–C) groups is 1. The second-order valence-corrected chi connectivity index (χ2v) is 9.11. The molecule has 1 aliphatic heterocycles. The average molecular weight is 377 g/mol. The highest BCUT2D eigenvalue weighted by molar-refractivity contribution is 7.85. The summed E-state index contributed by atoms with van der Waals surface area (Å²) in [6.07, 6.45) is 0. The van der Waals surface area contributed by atoms with Gasteiger partial charge in [0, 0.05) is 21.5 Å².